The summed E-state index contributed by atoms with van der Waals surface area (Å²) in [4.78, 5) is 0. The van der Waals surface area contributed by atoms with Crippen molar-refractivity contribution >= 4 is 0 Å². The van der Waals surface area contributed by atoms with Crippen molar-refractivity contribution < 1.29 is 4.74 Å². The molecule has 12 heavy (non-hydrogen) atoms. The van der Waals surface area contributed by atoms with E-state index >= 15 is 0 Å². The summed E-state index contributed by atoms with van der Waals surface area (Å²) >= 11 is 0. The van der Waals surface area contributed by atoms with Gasteiger partial charge in [0.25, 0.3) is 0 Å². The highest BCUT2D eigenvalue weighted by Gasteiger charge is 2.26. The molecule has 0 amide bonds. The van der Waals surface area contributed by atoms with Gasteiger partial charge in [0.2, 0.25) is 0 Å². The van der Waals surface area contributed by atoms with Crippen LogP contribution in [0, 0.1) is 12.0 Å². The topological polar surface area (TPSA) is 35.2 Å². The van der Waals surface area contributed by atoms with Crippen molar-refractivity contribution in [3.05, 3.63) is 35.9 Å². The lowest BCUT2D eigenvalue weighted by atomic mass is 9.93. The molecule has 1 heterocycles. The lowest BCUT2D eigenvalue weighted by molar-refractivity contribution is -0.0441. The molecule has 1 unspecified atom stereocenters. The molecule has 0 aliphatic carbocycles. The minimum Gasteiger partial charge on any atom is -0.381 e. The van der Waals surface area contributed by atoms with E-state index < -0.39 is 0 Å². The highest BCUT2D eigenvalue weighted by atomic mass is 16.5. The van der Waals surface area contributed by atoms with Crippen LogP contribution in [0.5, 0.6) is 0 Å². The number of hydrogen-bond acceptors (Lipinski definition) is 2. The molecule has 1 saturated heterocycles. The van der Waals surface area contributed by atoms with Crippen LogP contribution < -0.4 is 5.73 Å². The molecule has 1 aromatic carbocycles. The fourth-order valence-electron chi connectivity index (χ4n) is 1.36. The Bertz CT molecular complexity index is 243. The first-order valence-electron chi connectivity index (χ1n) is 4.17. The van der Waals surface area contributed by atoms with Gasteiger partial charge in [-0.25, -0.2) is 0 Å². The minimum atomic E-state index is 0.133. The van der Waals surface area contributed by atoms with E-state index in [4.69, 9.17) is 10.5 Å². The van der Waals surface area contributed by atoms with Crippen LogP contribution in [0.25, 0.3) is 0 Å². The monoisotopic (exact) mass is 162 g/mol. The molecule has 0 saturated carbocycles. The van der Waals surface area contributed by atoms with E-state index in [2.05, 4.69) is 6.07 Å². The molecule has 2 rings (SSSR count). The molecule has 2 heteroatoms. The van der Waals surface area contributed by atoms with Gasteiger partial charge in [-0.2, -0.15) is 0 Å². The van der Waals surface area contributed by atoms with E-state index in [1.165, 1.54) is 5.56 Å². The van der Waals surface area contributed by atoms with Gasteiger partial charge in [0.1, 0.15) is 0 Å². The van der Waals surface area contributed by atoms with Crippen LogP contribution in [0.3, 0.4) is 0 Å². The lowest BCUT2D eigenvalue weighted by Gasteiger charge is -2.31. The summed E-state index contributed by atoms with van der Waals surface area (Å²) < 4.78 is 5.09. The molecule has 0 aromatic heterocycles. The number of benzene rings is 1. The summed E-state index contributed by atoms with van der Waals surface area (Å²) in [5.41, 5.74) is 7.19. The molecule has 1 aromatic rings. The van der Waals surface area contributed by atoms with Gasteiger partial charge >= 0.3 is 0 Å². The Kier molecular flexibility index (Phi) is 2.11. The second kappa shape index (κ2) is 3.25. The van der Waals surface area contributed by atoms with E-state index in [0.29, 0.717) is 5.92 Å². The highest BCUT2D eigenvalue weighted by molar-refractivity contribution is 5.18. The Morgan fingerprint density at radius 1 is 1.42 bits per heavy atom. The average Bonchev–Trinajstić information content (AvgIpc) is 2.03. The van der Waals surface area contributed by atoms with Crippen molar-refractivity contribution in [1.29, 1.82) is 0 Å². The highest BCUT2D eigenvalue weighted by Crippen LogP contribution is 2.24. The van der Waals surface area contributed by atoms with Crippen LogP contribution in [-0.4, -0.2) is 13.2 Å². The van der Waals surface area contributed by atoms with E-state index in [1.807, 2.05) is 24.3 Å². The summed E-state index contributed by atoms with van der Waals surface area (Å²) in [6.45, 7) is 1.61. The van der Waals surface area contributed by atoms with Crippen molar-refractivity contribution in [2.45, 2.75) is 6.04 Å². The quantitative estimate of drug-likeness (QED) is 0.707. The molecule has 1 atom stereocenters. The zero-order valence-electron chi connectivity index (χ0n) is 6.86. The van der Waals surface area contributed by atoms with Crippen LogP contribution >= 0.6 is 0 Å². The van der Waals surface area contributed by atoms with Gasteiger partial charge in [-0.15, -0.1) is 0 Å². The smallest absolute Gasteiger partial charge is 0.0534 e. The van der Waals surface area contributed by atoms with Crippen LogP contribution in [0.4, 0.5) is 0 Å². The maximum atomic E-state index is 6.01. The third-order valence-corrected chi connectivity index (χ3v) is 2.30. The normalized spacial score (nSPS) is 20.1. The fourth-order valence-corrected chi connectivity index (χ4v) is 1.36. The molecule has 0 bridgehead atoms. The maximum Gasteiger partial charge on any atom is 0.0534 e. The summed E-state index contributed by atoms with van der Waals surface area (Å²) in [5, 5.41) is 0. The number of nitrogens with two attached hydrogens (primary N) is 1. The average molecular weight is 162 g/mol. The fraction of sp³-hybridized carbons (Fsp3) is 0.400. The Balaban J connectivity index is 2.08. The summed E-state index contributed by atoms with van der Waals surface area (Å²) in [5.74, 6) is 0.507. The lowest BCUT2D eigenvalue weighted by Crippen LogP contribution is -2.37. The van der Waals surface area contributed by atoms with E-state index in [-0.39, 0.29) is 6.04 Å². The summed E-state index contributed by atoms with van der Waals surface area (Å²) in [6, 6.07) is 10.9. The predicted octanol–water partition coefficient (Wildman–Crippen LogP) is 1.13. The maximum absolute atomic E-state index is 6.01. The van der Waals surface area contributed by atoms with Gasteiger partial charge in [-0.1, -0.05) is 24.3 Å². The van der Waals surface area contributed by atoms with Gasteiger partial charge in [-0.3, -0.25) is 0 Å². The Morgan fingerprint density at radius 3 is 2.58 bits per heavy atom. The van der Waals surface area contributed by atoms with Crippen LogP contribution in [-0.2, 0) is 4.74 Å². The molecule has 2 N–H and O–H groups in total. The Morgan fingerprint density at radius 2 is 2.08 bits per heavy atom. The van der Waals surface area contributed by atoms with Crippen molar-refractivity contribution in [1.82, 2.24) is 0 Å². The number of rotatable bonds is 2. The minimum absolute atomic E-state index is 0.133. The van der Waals surface area contributed by atoms with E-state index in [1.54, 1.807) is 0 Å². The second-order valence-electron chi connectivity index (χ2n) is 3.16. The first-order valence-corrected chi connectivity index (χ1v) is 4.17. The number of hydrogen-bond donors (Lipinski definition) is 1. The largest absolute Gasteiger partial charge is 0.381 e. The standard InChI is InChI=1S/C10H12NO/c11-10(9-6-12-7-9)8-4-2-1-3-5-8/h2-5,9-10H,6-7,11H2. The molecule has 1 fully saturated rings. The molecular formula is C10H12NO. The van der Waals surface area contributed by atoms with Crippen molar-refractivity contribution in [2.75, 3.05) is 13.2 Å². The number of ether oxygens (including phenoxy) is 1. The third-order valence-electron chi connectivity index (χ3n) is 2.30. The van der Waals surface area contributed by atoms with Crippen LogP contribution in [0.15, 0.2) is 24.3 Å². The van der Waals surface area contributed by atoms with Gasteiger partial charge in [0.15, 0.2) is 0 Å². The zero-order valence-corrected chi connectivity index (χ0v) is 6.86. The first kappa shape index (κ1) is 7.77. The third kappa shape index (κ3) is 1.36. The van der Waals surface area contributed by atoms with Gasteiger partial charge in [0.05, 0.1) is 13.2 Å². The SMILES string of the molecule is NC(c1cc[c]cc1)C1COC1. The van der Waals surface area contributed by atoms with E-state index in [9.17, 15) is 0 Å². The van der Waals surface area contributed by atoms with Gasteiger partial charge in [-0.05, 0) is 11.6 Å². The molecule has 1 aliphatic rings. The summed E-state index contributed by atoms with van der Waals surface area (Å²) in [6.07, 6.45) is 0. The molecule has 63 valence electrons. The molecule has 1 aliphatic heterocycles. The molecule has 1 radical (unpaired) electrons. The summed E-state index contributed by atoms with van der Waals surface area (Å²) in [7, 11) is 0. The predicted molar refractivity (Wildman–Crippen MR) is 46.5 cm³/mol. The second-order valence-corrected chi connectivity index (χ2v) is 3.16. The first-order chi connectivity index (χ1) is 5.88. The van der Waals surface area contributed by atoms with Gasteiger partial charge < -0.3 is 10.5 Å². The van der Waals surface area contributed by atoms with Crippen LogP contribution in [0.2, 0.25) is 0 Å². The Labute approximate surface area is 72.3 Å². The van der Waals surface area contributed by atoms with Crippen molar-refractivity contribution in [2.24, 2.45) is 11.7 Å². The van der Waals surface area contributed by atoms with Crippen molar-refractivity contribution in [3.63, 3.8) is 0 Å². The zero-order chi connectivity index (χ0) is 8.39. The van der Waals surface area contributed by atoms with Crippen LogP contribution in [0.1, 0.15) is 11.6 Å². The van der Waals surface area contributed by atoms with E-state index in [0.717, 1.165) is 13.2 Å². The molecular weight excluding hydrogens is 150 g/mol. The molecule has 0 spiro atoms. The molecule has 2 nitrogen and oxygen atoms in total. The Hall–Kier alpha value is -0.860. The van der Waals surface area contributed by atoms with Crippen molar-refractivity contribution in [3.8, 4) is 0 Å². The van der Waals surface area contributed by atoms with Gasteiger partial charge in [0, 0.05) is 12.0 Å².